The zero-order chi connectivity index (χ0) is 18.1. The summed E-state index contributed by atoms with van der Waals surface area (Å²) in [6.07, 6.45) is 4.42. The first-order valence-electron chi connectivity index (χ1n) is 8.61. The third-order valence-electron chi connectivity index (χ3n) is 3.84. The van der Waals surface area contributed by atoms with E-state index < -0.39 is 0 Å². The van der Waals surface area contributed by atoms with Gasteiger partial charge in [-0.15, -0.1) is 0 Å². The van der Waals surface area contributed by atoms with Gasteiger partial charge in [0, 0.05) is 30.5 Å². The fraction of sp³-hybridized carbons (Fsp3) is 0.286. The van der Waals surface area contributed by atoms with Gasteiger partial charge in [0.15, 0.2) is 0 Å². The van der Waals surface area contributed by atoms with Gasteiger partial charge in [-0.3, -0.25) is 4.79 Å². The molecule has 1 amide bonds. The first kappa shape index (κ1) is 18.7. The molecular weight excluding hydrogens is 310 g/mol. The summed E-state index contributed by atoms with van der Waals surface area (Å²) >= 11 is 0. The van der Waals surface area contributed by atoms with E-state index in [-0.39, 0.29) is 5.91 Å². The Labute approximate surface area is 150 Å². The molecular formula is C21H27N3O. The first-order chi connectivity index (χ1) is 12.1. The number of aryl methyl sites for hydroxylation is 1. The summed E-state index contributed by atoms with van der Waals surface area (Å²) in [5, 5.41) is 6.35. The third-order valence-corrected chi connectivity index (χ3v) is 3.84. The lowest BCUT2D eigenvalue weighted by Gasteiger charge is -2.11. The smallest absolute Gasteiger partial charge is 0.248 e. The Kier molecular flexibility index (Phi) is 7.23. The van der Waals surface area contributed by atoms with E-state index >= 15 is 0 Å². The Morgan fingerprint density at radius 2 is 1.80 bits per heavy atom. The van der Waals surface area contributed by atoms with Crippen LogP contribution >= 0.6 is 0 Å². The van der Waals surface area contributed by atoms with Crippen LogP contribution in [0.15, 0.2) is 60.7 Å². The number of para-hydroxylation sites is 1. The van der Waals surface area contributed by atoms with Gasteiger partial charge in [-0.05, 0) is 49.8 Å². The molecule has 0 radical (unpaired) electrons. The van der Waals surface area contributed by atoms with Gasteiger partial charge in [-0.25, -0.2) is 0 Å². The van der Waals surface area contributed by atoms with Gasteiger partial charge in [0.1, 0.15) is 0 Å². The molecule has 2 aromatic rings. The number of benzene rings is 2. The van der Waals surface area contributed by atoms with Crippen molar-refractivity contribution in [3.8, 4) is 0 Å². The summed E-state index contributed by atoms with van der Waals surface area (Å²) in [6.45, 7) is 3.66. The Bertz CT molecular complexity index is 705. The second kappa shape index (κ2) is 9.64. The van der Waals surface area contributed by atoms with Crippen molar-refractivity contribution in [1.82, 2.24) is 4.90 Å². The summed E-state index contributed by atoms with van der Waals surface area (Å²) in [5.41, 5.74) is 4.47. The molecule has 0 unspecified atom stereocenters. The minimum atomic E-state index is -0.107. The van der Waals surface area contributed by atoms with Crippen molar-refractivity contribution < 1.29 is 4.79 Å². The maximum Gasteiger partial charge on any atom is 0.248 e. The summed E-state index contributed by atoms with van der Waals surface area (Å²) in [4.78, 5) is 13.8. The van der Waals surface area contributed by atoms with Gasteiger partial charge in [-0.1, -0.05) is 43.3 Å². The normalized spacial score (nSPS) is 11.0. The SMILES string of the molecule is CCc1ccccc1NCc1ccc(NC(=O)/C=C/CN(C)C)cc1. The van der Waals surface area contributed by atoms with Crippen LogP contribution in [0.25, 0.3) is 0 Å². The standard InChI is InChI=1S/C21H27N3O/c1-4-18-8-5-6-9-20(18)22-16-17-11-13-19(14-12-17)23-21(25)10-7-15-24(2)3/h5-14,22H,4,15-16H2,1-3H3,(H,23,25)/b10-7+. The molecule has 0 atom stereocenters. The third kappa shape index (κ3) is 6.43. The number of nitrogens with one attached hydrogen (secondary N) is 2. The quantitative estimate of drug-likeness (QED) is 0.718. The van der Waals surface area contributed by atoms with E-state index in [9.17, 15) is 4.79 Å². The number of hydrogen-bond acceptors (Lipinski definition) is 3. The first-order valence-corrected chi connectivity index (χ1v) is 8.61. The molecule has 0 heterocycles. The number of amides is 1. The van der Waals surface area contributed by atoms with Crippen LogP contribution in [0.3, 0.4) is 0 Å². The van der Waals surface area contributed by atoms with Crippen molar-refractivity contribution in [2.75, 3.05) is 31.3 Å². The second-order valence-electron chi connectivity index (χ2n) is 6.22. The van der Waals surface area contributed by atoms with Crippen molar-refractivity contribution >= 4 is 17.3 Å². The maximum absolute atomic E-state index is 11.8. The van der Waals surface area contributed by atoms with E-state index in [1.807, 2.05) is 55.4 Å². The Hall–Kier alpha value is -2.59. The van der Waals surface area contributed by atoms with Gasteiger partial charge >= 0.3 is 0 Å². The molecule has 2 aromatic carbocycles. The molecule has 0 aliphatic rings. The molecule has 25 heavy (non-hydrogen) atoms. The fourth-order valence-electron chi connectivity index (χ4n) is 2.46. The van der Waals surface area contributed by atoms with Crippen molar-refractivity contribution in [2.45, 2.75) is 19.9 Å². The molecule has 4 heteroatoms. The van der Waals surface area contributed by atoms with Gasteiger partial charge in [0.2, 0.25) is 5.91 Å². The minimum absolute atomic E-state index is 0.107. The maximum atomic E-state index is 11.8. The second-order valence-corrected chi connectivity index (χ2v) is 6.22. The Morgan fingerprint density at radius 3 is 2.48 bits per heavy atom. The van der Waals surface area contributed by atoms with E-state index in [1.54, 1.807) is 6.08 Å². The highest BCUT2D eigenvalue weighted by atomic mass is 16.1. The molecule has 0 bridgehead atoms. The summed E-state index contributed by atoms with van der Waals surface area (Å²) in [6, 6.07) is 16.3. The number of hydrogen-bond donors (Lipinski definition) is 2. The summed E-state index contributed by atoms with van der Waals surface area (Å²) < 4.78 is 0. The lowest BCUT2D eigenvalue weighted by atomic mass is 10.1. The lowest BCUT2D eigenvalue weighted by molar-refractivity contribution is -0.111. The van der Waals surface area contributed by atoms with Crippen LogP contribution in [-0.4, -0.2) is 31.4 Å². The number of carbonyl (C=O) groups is 1. The Balaban J connectivity index is 1.87. The van der Waals surface area contributed by atoms with Crippen LogP contribution in [0.2, 0.25) is 0 Å². The van der Waals surface area contributed by atoms with Crippen molar-refractivity contribution in [3.63, 3.8) is 0 Å². The van der Waals surface area contributed by atoms with E-state index in [4.69, 9.17) is 0 Å². The van der Waals surface area contributed by atoms with E-state index in [2.05, 4.69) is 35.8 Å². The minimum Gasteiger partial charge on any atom is -0.381 e. The number of carbonyl (C=O) groups excluding carboxylic acids is 1. The van der Waals surface area contributed by atoms with Crippen LogP contribution < -0.4 is 10.6 Å². The zero-order valence-electron chi connectivity index (χ0n) is 15.3. The van der Waals surface area contributed by atoms with Gasteiger partial charge in [0.05, 0.1) is 0 Å². The topological polar surface area (TPSA) is 44.4 Å². The molecule has 0 aliphatic heterocycles. The highest BCUT2D eigenvalue weighted by Gasteiger charge is 2.01. The van der Waals surface area contributed by atoms with Crippen LogP contribution in [0, 0.1) is 0 Å². The fourth-order valence-corrected chi connectivity index (χ4v) is 2.46. The Morgan fingerprint density at radius 1 is 1.08 bits per heavy atom. The number of anilines is 2. The predicted molar refractivity (Wildman–Crippen MR) is 106 cm³/mol. The largest absolute Gasteiger partial charge is 0.381 e. The van der Waals surface area contributed by atoms with Gasteiger partial charge in [-0.2, -0.15) is 0 Å². The molecule has 0 aromatic heterocycles. The molecule has 0 fully saturated rings. The van der Waals surface area contributed by atoms with Gasteiger partial charge in [0.25, 0.3) is 0 Å². The van der Waals surface area contributed by atoms with E-state index in [0.717, 1.165) is 25.2 Å². The molecule has 0 saturated carbocycles. The number of likely N-dealkylation sites (N-methyl/N-ethyl adjacent to an activating group) is 1. The van der Waals surface area contributed by atoms with Crippen LogP contribution in [0.1, 0.15) is 18.1 Å². The highest BCUT2D eigenvalue weighted by Crippen LogP contribution is 2.17. The molecule has 2 N–H and O–H groups in total. The lowest BCUT2D eigenvalue weighted by Crippen LogP contribution is -2.12. The van der Waals surface area contributed by atoms with Crippen LogP contribution in [0.5, 0.6) is 0 Å². The monoisotopic (exact) mass is 337 g/mol. The van der Waals surface area contributed by atoms with Crippen molar-refractivity contribution in [1.29, 1.82) is 0 Å². The van der Waals surface area contributed by atoms with Crippen molar-refractivity contribution in [2.24, 2.45) is 0 Å². The molecule has 0 saturated heterocycles. The van der Waals surface area contributed by atoms with E-state index in [0.29, 0.717) is 0 Å². The van der Waals surface area contributed by atoms with E-state index in [1.165, 1.54) is 16.8 Å². The summed E-state index contributed by atoms with van der Waals surface area (Å²) in [7, 11) is 3.93. The van der Waals surface area contributed by atoms with Gasteiger partial charge < -0.3 is 15.5 Å². The zero-order valence-corrected chi connectivity index (χ0v) is 15.3. The average molecular weight is 337 g/mol. The highest BCUT2D eigenvalue weighted by molar-refractivity contribution is 5.99. The molecule has 132 valence electrons. The van der Waals surface area contributed by atoms with Crippen molar-refractivity contribution in [3.05, 3.63) is 71.8 Å². The average Bonchev–Trinajstić information content (AvgIpc) is 2.61. The van der Waals surface area contributed by atoms with Crippen LogP contribution in [0.4, 0.5) is 11.4 Å². The molecule has 0 spiro atoms. The molecule has 2 rings (SSSR count). The molecule has 0 aliphatic carbocycles. The number of nitrogens with zero attached hydrogens (tertiary/aromatic N) is 1. The molecule has 4 nitrogen and oxygen atoms in total. The number of rotatable bonds is 8. The van der Waals surface area contributed by atoms with Crippen LogP contribution in [-0.2, 0) is 17.8 Å². The summed E-state index contributed by atoms with van der Waals surface area (Å²) in [5.74, 6) is -0.107. The predicted octanol–water partition coefficient (Wildman–Crippen LogP) is 3.92.